The van der Waals surface area contributed by atoms with E-state index in [0.29, 0.717) is 41.0 Å². The molecule has 2 amide bonds. The quantitative estimate of drug-likeness (QED) is 0.771. The Labute approximate surface area is 142 Å². The van der Waals surface area contributed by atoms with Gasteiger partial charge in [-0.25, -0.2) is 4.79 Å². The molecule has 2 rings (SSSR count). The number of carbonyl (C=O) groups is 1. The molecule has 1 fully saturated rings. The van der Waals surface area contributed by atoms with Crippen molar-refractivity contribution in [3.8, 4) is 5.75 Å². The van der Waals surface area contributed by atoms with Crippen LogP contribution in [0.2, 0.25) is 5.02 Å². The third kappa shape index (κ3) is 4.28. The highest BCUT2D eigenvalue weighted by Crippen LogP contribution is 2.31. The summed E-state index contributed by atoms with van der Waals surface area (Å²) in [5.41, 5.74) is 7.01. The molecule has 1 aromatic carbocycles. The van der Waals surface area contributed by atoms with Gasteiger partial charge in [0.25, 0.3) is 0 Å². The van der Waals surface area contributed by atoms with E-state index >= 15 is 0 Å². The van der Waals surface area contributed by atoms with Gasteiger partial charge in [0.1, 0.15) is 10.8 Å². The smallest absolute Gasteiger partial charge is 0.321 e. The van der Waals surface area contributed by atoms with Crippen molar-refractivity contribution in [1.82, 2.24) is 15.8 Å². The molecule has 23 heavy (non-hydrogen) atoms. The van der Waals surface area contributed by atoms with Gasteiger partial charge in [0.2, 0.25) is 0 Å². The highest BCUT2D eigenvalue weighted by atomic mass is 35.5. The van der Waals surface area contributed by atoms with Crippen molar-refractivity contribution < 1.29 is 9.53 Å². The summed E-state index contributed by atoms with van der Waals surface area (Å²) in [5.74, 6) is 1.03. The zero-order chi connectivity index (χ0) is 17.0. The lowest BCUT2D eigenvalue weighted by molar-refractivity contribution is 0.217. The number of hydrazine groups is 1. The third-order valence-corrected chi connectivity index (χ3v) is 4.78. The minimum atomic E-state index is -0.181. The van der Waals surface area contributed by atoms with Gasteiger partial charge in [-0.15, -0.1) is 0 Å². The van der Waals surface area contributed by atoms with E-state index in [2.05, 4.69) is 30.0 Å². The molecule has 1 saturated heterocycles. The number of urea groups is 1. The molecular weight excluding hydrogens is 316 g/mol. The fourth-order valence-electron chi connectivity index (χ4n) is 2.83. The number of nitrogens with one attached hydrogen (secondary N) is 3. The summed E-state index contributed by atoms with van der Waals surface area (Å²) in [6, 6.07) is 5.92. The maximum Gasteiger partial charge on any atom is 0.321 e. The van der Waals surface area contributed by atoms with E-state index < -0.39 is 0 Å². The van der Waals surface area contributed by atoms with E-state index in [0.717, 1.165) is 6.42 Å². The van der Waals surface area contributed by atoms with Crippen LogP contribution in [0.4, 0.5) is 10.5 Å². The van der Waals surface area contributed by atoms with E-state index in [1.54, 1.807) is 37.3 Å². The zero-order valence-electron chi connectivity index (χ0n) is 14.0. The number of amides is 2. The Hall–Kier alpha value is -1.50. The summed E-state index contributed by atoms with van der Waals surface area (Å²) in [6.07, 6.45) is 0.929. The van der Waals surface area contributed by atoms with Crippen LogP contribution in [0.5, 0.6) is 5.75 Å². The first-order valence-electron chi connectivity index (χ1n) is 7.79. The van der Waals surface area contributed by atoms with Crippen LogP contribution in [-0.4, -0.2) is 43.7 Å². The number of carbonyl (C=O) groups excluding carboxylic acids is 1. The molecule has 128 valence electrons. The molecule has 2 atom stereocenters. The van der Waals surface area contributed by atoms with Crippen molar-refractivity contribution in [2.24, 2.45) is 5.92 Å². The molecule has 1 heterocycles. The van der Waals surface area contributed by atoms with E-state index in [-0.39, 0.29) is 6.03 Å². The summed E-state index contributed by atoms with van der Waals surface area (Å²) in [4.78, 5) is 14.0. The molecule has 6 nitrogen and oxygen atoms in total. The molecule has 2 unspecified atom stereocenters. The van der Waals surface area contributed by atoms with Crippen LogP contribution in [0.15, 0.2) is 18.2 Å². The molecular formula is C16H25ClN4O2. The monoisotopic (exact) mass is 340 g/mol. The fourth-order valence-corrected chi connectivity index (χ4v) is 3.08. The number of hydrogen-bond donors (Lipinski definition) is 3. The summed E-state index contributed by atoms with van der Waals surface area (Å²) < 4.78 is 5.16. The number of halogens is 1. The van der Waals surface area contributed by atoms with E-state index in [4.69, 9.17) is 16.3 Å². The van der Waals surface area contributed by atoms with Crippen molar-refractivity contribution in [2.75, 3.05) is 26.0 Å². The molecule has 3 N–H and O–H groups in total. The Morgan fingerprint density at radius 2 is 2.00 bits per heavy atom. The minimum Gasteiger partial charge on any atom is -0.495 e. The van der Waals surface area contributed by atoms with Gasteiger partial charge in [-0.3, -0.25) is 10.9 Å². The topological polar surface area (TPSA) is 65.6 Å². The molecule has 1 aliphatic heterocycles. The molecule has 0 bridgehead atoms. The van der Waals surface area contributed by atoms with Gasteiger partial charge < -0.3 is 15.0 Å². The van der Waals surface area contributed by atoms with Gasteiger partial charge in [0.05, 0.1) is 12.8 Å². The second kappa shape index (κ2) is 7.86. The van der Waals surface area contributed by atoms with Crippen LogP contribution in [0.3, 0.4) is 0 Å². The first-order chi connectivity index (χ1) is 10.9. The van der Waals surface area contributed by atoms with Gasteiger partial charge in [-0.2, -0.15) is 0 Å². The van der Waals surface area contributed by atoms with Crippen molar-refractivity contribution in [1.29, 1.82) is 0 Å². The molecule has 0 radical (unpaired) electrons. The SMILES string of the molecule is COc1cccc(NC(=O)N(C)CCC2C(C)NNC2C)c1Cl. The fraction of sp³-hybridized carbons (Fsp3) is 0.562. The standard InChI is InChI=1S/C16H25ClN4O2/c1-10-12(11(2)20-19-10)8-9-21(3)16(22)18-13-6-5-7-14(23-4)15(13)17/h5-7,10-12,19-20H,8-9H2,1-4H3,(H,18,22). The average Bonchev–Trinajstić information content (AvgIpc) is 2.85. The maximum absolute atomic E-state index is 12.3. The molecule has 0 aromatic heterocycles. The number of ether oxygens (including phenoxy) is 1. The number of anilines is 1. The van der Waals surface area contributed by atoms with E-state index in [9.17, 15) is 4.79 Å². The maximum atomic E-state index is 12.3. The summed E-state index contributed by atoms with van der Waals surface area (Å²) in [5, 5.41) is 3.23. The number of methoxy groups -OCH3 is 1. The number of nitrogens with zero attached hydrogens (tertiary/aromatic N) is 1. The van der Waals surface area contributed by atoms with Crippen LogP contribution in [0, 0.1) is 5.92 Å². The largest absolute Gasteiger partial charge is 0.495 e. The van der Waals surface area contributed by atoms with Crippen LogP contribution in [0.25, 0.3) is 0 Å². The lowest BCUT2D eigenvalue weighted by Crippen LogP contribution is -2.35. The van der Waals surface area contributed by atoms with Crippen molar-refractivity contribution in [3.05, 3.63) is 23.2 Å². The van der Waals surface area contributed by atoms with Gasteiger partial charge >= 0.3 is 6.03 Å². The van der Waals surface area contributed by atoms with Gasteiger partial charge in [-0.05, 0) is 38.3 Å². The number of benzene rings is 1. The molecule has 1 aliphatic rings. The Kier molecular flexibility index (Phi) is 6.10. The van der Waals surface area contributed by atoms with Crippen molar-refractivity contribution in [3.63, 3.8) is 0 Å². The first-order valence-corrected chi connectivity index (χ1v) is 8.17. The Morgan fingerprint density at radius 3 is 2.61 bits per heavy atom. The minimum absolute atomic E-state index is 0.181. The Morgan fingerprint density at radius 1 is 1.35 bits per heavy atom. The third-order valence-electron chi connectivity index (χ3n) is 4.39. The Bertz CT molecular complexity index is 545. The lowest BCUT2D eigenvalue weighted by Gasteiger charge is -2.23. The summed E-state index contributed by atoms with van der Waals surface area (Å²) >= 11 is 6.20. The highest BCUT2D eigenvalue weighted by Gasteiger charge is 2.29. The summed E-state index contributed by atoms with van der Waals surface area (Å²) in [7, 11) is 3.33. The first kappa shape index (κ1) is 17.8. The normalized spacial score (nSPS) is 23.6. The van der Waals surface area contributed by atoms with Gasteiger partial charge in [0, 0.05) is 25.7 Å². The molecule has 7 heteroatoms. The number of rotatable bonds is 5. The van der Waals surface area contributed by atoms with Crippen molar-refractivity contribution >= 4 is 23.3 Å². The van der Waals surface area contributed by atoms with Crippen molar-refractivity contribution in [2.45, 2.75) is 32.4 Å². The molecule has 0 aliphatic carbocycles. The van der Waals surface area contributed by atoms with Crippen LogP contribution < -0.4 is 20.9 Å². The predicted octanol–water partition coefficient (Wildman–Crippen LogP) is 2.70. The lowest BCUT2D eigenvalue weighted by atomic mass is 9.93. The average molecular weight is 341 g/mol. The van der Waals surface area contributed by atoms with Gasteiger partial charge in [0.15, 0.2) is 0 Å². The molecule has 0 saturated carbocycles. The molecule has 0 spiro atoms. The molecule has 1 aromatic rings. The van der Waals surface area contributed by atoms with Gasteiger partial charge in [-0.1, -0.05) is 17.7 Å². The zero-order valence-corrected chi connectivity index (χ0v) is 14.8. The predicted molar refractivity (Wildman–Crippen MR) is 93.0 cm³/mol. The summed E-state index contributed by atoms with van der Waals surface area (Å²) in [6.45, 7) is 4.98. The van der Waals surface area contributed by atoms with Crippen LogP contribution >= 0.6 is 11.6 Å². The Balaban J connectivity index is 1.90. The number of hydrogen-bond acceptors (Lipinski definition) is 4. The second-order valence-corrected chi connectivity index (χ2v) is 6.37. The van der Waals surface area contributed by atoms with Crippen LogP contribution in [-0.2, 0) is 0 Å². The van der Waals surface area contributed by atoms with E-state index in [1.807, 2.05) is 0 Å². The van der Waals surface area contributed by atoms with Crippen LogP contribution in [0.1, 0.15) is 20.3 Å². The highest BCUT2D eigenvalue weighted by molar-refractivity contribution is 6.35. The second-order valence-electron chi connectivity index (χ2n) is 5.99. The van der Waals surface area contributed by atoms with E-state index in [1.165, 1.54) is 0 Å².